The highest BCUT2D eigenvalue weighted by molar-refractivity contribution is 5.66. The molecule has 1 aromatic heterocycles. The first-order valence-corrected chi connectivity index (χ1v) is 4.66. The molecule has 3 heteroatoms. The zero-order valence-electron chi connectivity index (χ0n) is 8.37. The van der Waals surface area contributed by atoms with Gasteiger partial charge in [0.2, 0.25) is 0 Å². The highest BCUT2D eigenvalue weighted by Gasteiger charge is 2.03. The Balaban J connectivity index is 2.49. The van der Waals surface area contributed by atoms with E-state index >= 15 is 0 Å². The van der Waals surface area contributed by atoms with Gasteiger partial charge in [-0.1, -0.05) is 12.1 Å². The molecule has 0 spiro atoms. The highest BCUT2D eigenvalue weighted by Crippen LogP contribution is 2.22. The van der Waals surface area contributed by atoms with E-state index < -0.39 is 0 Å². The van der Waals surface area contributed by atoms with Crippen molar-refractivity contribution in [1.29, 1.82) is 0 Å². The van der Waals surface area contributed by atoms with Gasteiger partial charge in [0.25, 0.3) is 0 Å². The Labute approximate surface area is 87.6 Å². The SMILES string of the molecule is Cc1nc(N)ccc1-c1ccc(F)cc1. The van der Waals surface area contributed by atoms with Gasteiger partial charge < -0.3 is 5.73 Å². The third kappa shape index (κ3) is 1.96. The number of anilines is 1. The number of benzene rings is 1. The van der Waals surface area contributed by atoms with Gasteiger partial charge in [-0.25, -0.2) is 9.37 Å². The number of nitrogen functional groups attached to an aromatic ring is 1. The third-order valence-corrected chi connectivity index (χ3v) is 2.26. The Bertz CT molecular complexity index is 477. The summed E-state index contributed by atoms with van der Waals surface area (Å²) < 4.78 is 12.7. The smallest absolute Gasteiger partial charge is 0.123 e. The minimum absolute atomic E-state index is 0.236. The van der Waals surface area contributed by atoms with Crippen LogP contribution in [0.25, 0.3) is 11.1 Å². The summed E-state index contributed by atoms with van der Waals surface area (Å²) in [6.45, 7) is 1.88. The molecule has 15 heavy (non-hydrogen) atoms. The average molecular weight is 202 g/mol. The van der Waals surface area contributed by atoms with Crippen LogP contribution in [0.2, 0.25) is 0 Å². The Morgan fingerprint density at radius 2 is 1.73 bits per heavy atom. The van der Waals surface area contributed by atoms with Crippen molar-refractivity contribution in [3.05, 3.63) is 47.9 Å². The van der Waals surface area contributed by atoms with Gasteiger partial charge in [-0.05, 0) is 36.8 Å². The number of halogens is 1. The fraction of sp³-hybridized carbons (Fsp3) is 0.0833. The van der Waals surface area contributed by atoms with Crippen LogP contribution in [0.3, 0.4) is 0 Å². The van der Waals surface area contributed by atoms with Gasteiger partial charge in [0.15, 0.2) is 0 Å². The predicted octanol–water partition coefficient (Wildman–Crippen LogP) is 2.78. The van der Waals surface area contributed by atoms with Crippen LogP contribution < -0.4 is 5.73 Å². The van der Waals surface area contributed by atoms with E-state index in [2.05, 4.69) is 4.98 Å². The number of nitrogens with zero attached hydrogens (tertiary/aromatic N) is 1. The minimum atomic E-state index is -0.236. The van der Waals surface area contributed by atoms with Crippen molar-refractivity contribution >= 4 is 5.82 Å². The lowest BCUT2D eigenvalue weighted by Crippen LogP contribution is -1.94. The quantitative estimate of drug-likeness (QED) is 0.772. The summed E-state index contributed by atoms with van der Waals surface area (Å²) in [6, 6.07) is 9.97. The molecule has 0 amide bonds. The lowest BCUT2D eigenvalue weighted by molar-refractivity contribution is 0.628. The van der Waals surface area contributed by atoms with Crippen LogP contribution in [-0.2, 0) is 0 Å². The maximum atomic E-state index is 12.7. The lowest BCUT2D eigenvalue weighted by Gasteiger charge is -2.05. The number of hydrogen-bond acceptors (Lipinski definition) is 2. The van der Waals surface area contributed by atoms with Crippen molar-refractivity contribution in [3.8, 4) is 11.1 Å². The number of aryl methyl sites for hydroxylation is 1. The minimum Gasteiger partial charge on any atom is -0.384 e. The van der Waals surface area contributed by atoms with Crippen LogP contribution in [0.15, 0.2) is 36.4 Å². The Hall–Kier alpha value is -1.90. The maximum Gasteiger partial charge on any atom is 0.123 e. The van der Waals surface area contributed by atoms with Gasteiger partial charge in [0.05, 0.1) is 0 Å². The van der Waals surface area contributed by atoms with Gasteiger partial charge in [0.1, 0.15) is 11.6 Å². The summed E-state index contributed by atoms with van der Waals surface area (Å²) in [5.41, 5.74) is 8.33. The van der Waals surface area contributed by atoms with Gasteiger partial charge in [-0.15, -0.1) is 0 Å². The van der Waals surface area contributed by atoms with E-state index in [1.807, 2.05) is 13.0 Å². The molecule has 0 fully saturated rings. The molecular weight excluding hydrogens is 191 g/mol. The number of aromatic nitrogens is 1. The fourth-order valence-corrected chi connectivity index (χ4v) is 1.52. The summed E-state index contributed by atoms with van der Waals surface area (Å²) in [5.74, 6) is 0.262. The first-order valence-electron chi connectivity index (χ1n) is 4.66. The molecule has 0 bridgehead atoms. The van der Waals surface area contributed by atoms with Gasteiger partial charge in [-0.3, -0.25) is 0 Å². The molecule has 2 rings (SSSR count). The molecule has 0 unspecified atom stereocenters. The van der Waals surface area contributed by atoms with Crippen LogP contribution in [0.5, 0.6) is 0 Å². The van der Waals surface area contributed by atoms with Crippen LogP contribution in [0.1, 0.15) is 5.69 Å². The molecule has 1 heterocycles. The summed E-state index contributed by atoms with van der Waals surface area (Å²) in [4.78, 5) is 4.16. The van der Waals surface area contributed by atoms with Gasteiger partial charge >= 0.3 is 0 Å². The van der Waals surface area contributed by atoms with E-state index in [1.165, 1.54) is 12.1 Å². The maximum absolute atomic E-state index is 12.7. The van der Waals surface area contributed by atoms with Gasteiger partial charge in [0, 0.05) is 11.3 Å². The van der Waals surface area contributed by atoms with Gasteiger partial charge in [-0.2, -0.15) is 0 Å². The topological polar surface area (TPSA) is 38.9 Å². The Kier molecular flexibility index (Phi) is 2.37. The van der Waals surface area contributed by atoms with Crippen molar-refractivity contribution in [1.82, 2.24) is 4.98 Å². The lowest BCUT2D eigenvalue weighted by atomic mass is 10.0. The average Bonchev–Trinajstić information content (AvgIpc) is 2.20. The molecule has 2 nitrogen and oxygen atoms in total. The standard InChI is InChI=1S/C12H11FN2/c1-8-11(6-7-12(14)15-8)9-2-4-10(13)5-3-9/h2-7H,1H3,(H2,14,15). The van der Waals surface area contributed by atoms with Crippen molar-refractivity contribution in [2.75, 3.05) is 5.73 Å². The molecule has 1 aromatic carbocycles. The van der Waals surface area contributed by atoms with Crippen molar-refractivity contribution < 1.29 is 4.39 Å². The Morgan fingerprint density at radius 1 is 1.07 bits per heavy atom. The van der Waals surface area contributed by atoms with E-state index in [1.54, 1.807) is 18.2 Å². The zero-order valence-corrected chi connectivity index (χ0v) is 8.37. The zero-order chi connectivity index (χ0) is 10.8. The molecule has 0 aliphatic rings. The Morgan fingerprint density at radius 3 is 2.33 bits per heavy atom. The van der Waals surface area contributed by atoms with E-state index in [-0.39, 0.29) is 5.82 Å². The molecule has 0 radical (unpaired) electrons. The fourth-order valence-electron chi connectivity index (χ4n) is 1.52. The van der Waals surface area contributed by atoms with Crippen molar-refractivity contribution in [2.24, 2.45) is 0 Å². The normalized spacial score (nSPS) is 10.3. The third-order valence-electron chi connectivity index (χ3n) is 2.26. The number of hydrogen-bond donors (Lipinski definition) is 1. The summed E-state index contributed by atoms with van der Waals surface area (Å²) >= 11 is 0. The molecule has 76 valence electrons. The van der Waals surface area contributed by atoms with Crippen LogP contribution in [0.4, 0.5) is 10.2 Å². The largest absolute Gasteiger partial charge is 0.384 e. The number of nitrogens with two attached hydrogens (primary N) is 1. The number of rotatable bonds is 1. The molecule has 0 saturated carbocycles. The summed E-state index contributed by atoms with van der Waals surface area (Å²) in [5, 5.41) is 0. The monoisotopic (exact) mass is 202 g/mol. The van der Waals surface area contributed by atoms with E-state index in [0.717, 1.165) is 16.8 Å². The van der Waals surface area contributed by atoms with Crippen LogP contribution in [-0.4, -0.2) is 4.98 Å². The first kappa shape index (κ1) is 9.65. The first-order chi connectivity index (χ1) is 7.16. The van der Waals surface area contributed by atoms with Crippen molar-refractivity contribution in [2.45, 2.75) is 6.92 Å². The van der Waals surface area contributed by atoms with Crippen LogP contribution >= 0.6 is 0 Å². The van der Waals surface area contributed by atoms with Crippen LogP contribution in [0, 0.1) is 12.7 Å². The number of pyridine rings is 1. The van der Waals surface area contributed by atoms with E-state index in [4.69, 9.17) is 5.73 Å². The summed E-state index contributed by atoms with van der Waals surface area (Å²) in [7, 11) is 0. The molecule has 0 aliphatic heterocycles. The second kappa shape index (κ2) is 3.69. The highest BCUT2D eigenvalue weighted by atomic mass is 19.1. The van der Waals surface area contributed by atoms with E-state index in [0.29, 0.717) is 5.82 Å². The second-order valence-electron chi connectivity index (χ2n) is 3.38. The second-order valence-corrected chi connectivity index (χ2v) is 3.38. The van der Waals surface area contributed by atoms with Crippen molar-refractivity contribution in [3.63, 3.8) is 0 Å². The molecule has 2 N–H and O–H groups in total. The molecule has 0 atom stereocenters. The molecular formula is C12H11FN2. The van der Waals surface area contributed by atoms with E-state index in [9.17, 15) is 4.39 Å². The molecule has 0 saturated heterocycles. The molecule has 0 aliphatic carbocycles. The summed E-state index contributed by atoms with van der Waals surface area (Å²) in [6.07, 6.45) is 0. The predicted molar refractivity (Wildman–Crippen MR) is 58.8 cm³/mol. The molecule has 2 aromatic rings.